The van der Waals surface area contributed by atoms with E-state index in [0.29, 0.717) is 13.0 Å². The van der Waals surface area contributed by atoms with E-state index < -0.39 is 18.4 Å². The summed E-state index contributed by atoms with van der Waals surface area (Å²) in [5, 5.41) is 22.2. The Morgan fingerprint density at radius 3 is 2.43 bits per heavy atom. The second kappa shape index (κ2) is 14.9. The summed E-state index contributed by atoms with van der Waals surface area (Å²) >= 11 is 0. The van der Waals surface area contributed by atoms with Gasteiger partial charge in [-0.2, -0.15) is 0 Å². The van der Waals surface area contributed by atoms with Crippen LogP contribution in [0.5, 0.6) is 0 Å². The van der Waals surface area contributed by atoms with E-state index in [1.807, 2.05) is 72.8 Å². The molecule has 0 spiro atoms. The van der Waals surface area contributed by atoms with Crippen molar-refractivity contribution >= 4 is 11.9 Å². The largest absolute Gasteiger partial charge is 0.453 e. The minimum Gasteiger partial charge on any atom is -0.453 e. The van der Waals surface area contributed by atoms with E-state index in [4.69, 9.17) is 14.2 Å². The summed E-state index contributed by atoms with van der Waals surface area (Å²) in [5.74, 6) is -0.854. The predicted octanol–water partition coefficient (Wildman–Crippen LogP) is 4.42. The van der Waals surface area contributed by atoms with Gasteiger partial charge in [0, 0.05) is 38.0 Å². The van der Waals surface area contributed by atoms with Crippen molar-refractivity contribution in [2.45, 2.75) is 76.9 Å². The number of likely N-dealkylation sites (tertiary alicyclic amines) is 1. The van der Waals surface area contributed by atoms with Gasteiger partial charge in [-0.15, -0.1) is 0 Å². The zero-order valence-electron chi connectivity index (χ0n) is 25.4. The first-order valence-corrected chi connectivity index (χ1v) is 15.3. The van der Waals surface area contributed by atoms with Crippen LogP contribution in [-0.4, -0.2) is 64.9 Å². The van der Waals surface area contributed by atoms with Gasteiger partial charge in [0.15, 0.2) is 12.4 Å². The standard InChI is InChI=1S/C35H42N2O7/c1-23(42-24(2)40)34(41)36-19-29-6-3-4-8-32(29)26-13-15-28(16-14-26)35-43-31(20-37-17-5-7-30(37)22-39)18-33(44-35)27-11-9-25(21-38)10-12-27/h3-4,6,8-16,23,30-31,33,35,38-39H,5,7,17-22H2,1-2H3,(H,36,41)/t23-,30-,31-,33+,35+/m0/s1. The third-order valence-corrected chi connectivity index (χ3v) is 8.44. The van der Waals surface area contributed by atoms with Gasteiger partial charge in [-0.3, -0.25) is 14.5 Å². The Morgan fingerprint density at radius 2 is 1.73 bits per heavy atom. The molecule has 3 N–H and O–H groups in total. The van der Waals surface area contributed by atoms with E-state index in [1.165, 1.54) is 6.92 Å². The summed E-state index contributed by atoms with van der Waals surface area (Å²) in [6, 6.07) is 24.0. The number of esters is 1. The molecule has 2 fully saturated rings. The second-order valence-electron chi connectivity index (χ2n) is 11.6. The van der Waals surface area contributed by atoms with Crippen LogP contribution in [0.4, 0.5) is 0 Å². The maximum absolute atomic E-state index is 12.4. The number of hydrogen-bond donors (Lipinski definition) is 3. The van der Waals surface area contributed by atoms with Crippen molar-refractivity contribution in [3.8, 4) is 11.1 Å². The molecule has 1 amide bonds. The molecule has 2 saturated heterocycles. The Labute approximate surface area is 258 Å². The molecule has 0 bridgehead atoms. The van der Waals surface area contributed by atoms with Gasteiger partial charge < -0.3 is 29.7 Å². The number of carbonyl (C=O) groups excluding carboxylic acids is 2. The molecule has 3 aromatic rings. The summed E-state index contributed by atoms with van der Waals surface area (Å²) in [7, 11) is 0. The number of rotatable bonds is 11. The molecule has 3 aromatic carbocycles. The Balaban J connectivity index is 1.32. The molecule has 234 valence electrons. The normalized spacial score (nSPS) is 22.8. The van der Waals surface area contributed by atoms with Crippen LogP contribution in [0.3, 0.4) is 0 Å². The molecule has 0 aliphatic carbocycles. The Bertz CT molecular complexity index is 1390. The van der Waals surface area contributed by atoms with Crippen LogP contribution in [0.1, 0.15) is 67.8 Å². The van der Waals surface area contributed by atoms with Crippen molar-refractivity contribution in [3.05, 3.63) is 95.1 Å². The zero-order chi connectivity index (χ0) is 31.1. The number of aliphatic hydroxyl groups is 2. The summed E-state index contributed by atoms with van der Waals surface area (Å²) in [6.45, 7) is 4.94. The lowest BCUT2D eigenvalue weighted by molar-refractivity contribution is -0.253. The second-order valence-corrected chi connectivity index (χ2v) is 11.6. The van der Waals surface area contributed by atoms with Crippen LogP contribution < -0.4 is 5.32 Å². The molecule has 0 unspecified atom stereocenters. The number of benzene rings is 3. The quantitative estimate of drug-likeness (QED) is 0.276. The molecule has 5 rings (SSSR count). The minimum atomic E-state index is -0.866. The number of nitrogens with one attached hydrogen (secondary N) is 1. The van der Waals surface area contributed by atoms with Gasteiger partial charge in [0.25, 0.3) is 5.91 Å². The molecule has 5 atom stereocenters. The van der Waals surface area contributed by atoms with Crippen LogP contribution in [0.15, 0.2) is 72.8 Å². The number of aliphatic hydroxyl groups excluding tert-OH is 2. The van der Waals surface area contributed by atoms with Gasteiger partial charge in [0.1, 0.15) is 0 Å². The van der Waals surface area contributed by atoms with Crippen molar-refractivity contribution in [2.75, 3.05) is 19.7 Å². The molecular formula is C35H42N2O7. The number of ether oxygens (including phenoxy) is 3. The molecular weight excluding hydrogens is 560 g/mol. The van der Waals surface area contributed by atoms with Crippen LogP contribution >= 0.6 is 0 Å². The van der Waals surface area contributed by atoms with Gasteiger partial charge in [-0.25, -0.2) is 0 Å². The lowest BCUT2D eigenvalue weighted by Gasteiger charge is -2.38. The molecule has 9 nitrogen and oxygen atoms in total. The summed E-state index contributed by atoms with van der Waals surface area (Å²) in [4.78, 5) is 25.9. The molecule has 0 aromatic heterocycles. The topological polar surface area (TPSA) is 118 Å². The Morgan fingerprint density at radius 1 is 1.00 bits per heavy atom. The highest BCUT2D eigenvalue weighted by molar-refractivity contribution is 5.83. The SMILES string of the molecule is CC(=O)O[C@@H](C)C(=O)NCc1ccccc1-c1ccc([C@@H]2O[C@H](CN3CCC[C@H]3CO)C[C@H](c3ccc(CO)cc3)O2)cc1. The van der Waals surface area contributed by atoms with E-state index in [0.717, 1.165) is 59.3 Å². The molecule has 9 heteroatoms. The Hall–Kier alpha value is -3.60. The fourth-order valence-corrected chi connectivity index (χ4v) is 6.04. The molecule has 0 saturated carbocycles. The number of hydrogen-bond acceptors (Lipinski definition) is 8. The van der Waals surface area contributed by atoms with E-state index in [9.17, 15) is 19.8 Å². The van der Waals surface area contributed by atoms with E-state index >= 15 is 0 Å². The highest BCUT2D eigenvalue weighted by Crippen LogP contribution is 2.39. The number of carbonyl (C=O) groups is 2. The van der Waals surface area contributed by atoms with Gasteiger partial charge in [0.2, 0.25) is 0 Å². The third-order valence-electron chi connectivity index (χ3n) is 8.44. The summed E-state index contributed by atoms with van der Waals surface area (Å²) < 4.78 is 18.1. The van der Waals surface area contributed by atoms with Crippen molar-refractivity contribution < 1.29 is 34.0 Å². The summed E-state index contributed by atoms with van der Waals surface area (Å²) in [5.41, 5.74) is 5.69. The van der Waals surface area contributed by atoms with Crippen LogP contribution in [0.25, 0.3) is 11.1 Å². The lowest BCUT2D eigenvalue weighted by Crippen LogP contribution is -2.42. The molecule has 2 aliphatic rings. The number of amides is 1. The van der Waals surface area contributed by atoms with Gasteiger partial charge in [0.05, 0.1) is 25.4 Å². The monoisotopic (exact) mass is 602 g/mol. The molecule has 0 radical (unpaired) electrons. The van der Waals surface area contributed by atoms with Crippen molar-refractivity contribution in [3.63, 3.8) is 0 Å². The first-order chi connectivity index (χ1) is 21.3. The van der Waals surface area contributed by atoms with Crippen molar-refractivity contribution in [2.24, 2.45) is 0 Å². The first kappa shape index (κ1) is 31.8. The number of nitrogens with zero attached hydrogens (tertiary/aromatic N) is 1. The molecule has 2 aliphatic heterocycles. The fourth-order valence-electron chi connectivity index (χ4n) is 6.04. The van der Waals surface area contributed by atoms with Crippen LogP contribution in [0.2, 0.25) is 0 Å². The van der Waals surface area contributed by atoms with Crippen LogP contribution in [-0.2, 0) is 37.0 Å². The lowest BCUT2D eigenvalue weighted by atomic mass is 9.97. The van der Waals surface area contributed by atoms with Gasteiger partial charge in [-0.1, -0.05) is 72.8 Å². The zero-order valence-corrected chi connectivity index (χ0v) is 25.4. The van der Waals surface area contributed by atoms with E-state index in [1.54, 1.807) is 6.92 Å². The Kier molecular flexibility index (Phi) is 10.8. The highest BCUT2D eigenvalue weighted by Gasteiger charge is 2.35. The maximum atomic E-state index is 12.4. The predicted molar refractivity (Wildman–Crippen MR) is 165 cm³/mol. The van der Waals surface area contributed by atoms with Crippen LogP contribution in [0, 0.1) is 0 Å². The molecule has 2 heterocycles. The smallest absolute Gasteiger partial charge is 0.303 e. The third kappa shape index (κ3) is 7.91. The van der Waals surface area contributed by atoms with Crippen molar-refractivity contribution in [1.82, 2.24) is 10.2 Å². The van der Waals surface area contributed by atoms with Crippen molar-refractivity contribution in [1.29, 1.82) is 0 Å². The maximum Gasteiger partial charge on any atom is 0.303 e. The van der Waals surface area contributed by atoms with Gasteiger partial charge >= 0.3 is 5.97 Å². The highest BCUT2D eigenvalue weighted by atomic mass is 16.7. The molecule has 44 heavy (non-hydrogen) atoms. The summed E-state index contributed by atoms with van der Waals surface area (Å²) in [6.07, 6.45) is 1.06. The average Bonchev–Trinajstić information content (AvgIpc) is 3.50. The van der Waals surface area contributed by atoms with E-state index in [-0.39, 0.29) is 37.4 Å². The van der Waals surface area contributed by atoms with Gasteiger partial charge in [-0.05, 0) is 54.1 Å². The average molecular weight is 603 g/mol. The fraction of sp³-hybridized carbons (Fsp3) is 0.429. The first-order valence-electron chi connectivity index (χ1n) is 15.3. The van der Waals surface area contributed by atoms with E-state index in [2.05, 4.69) is 10.2 Å². The minimum absolute atomic E-state index is 0.00702.